The molecule has 2 amide bonds. The van der Waals surface area contributed by atoms with Crippen LogP contribution in [-0.4, -0.2) is 37.5 Å². The second-order valence-corrected chi connectivity index (χ2v) is 4.77. The molecule has 0 aromatic heterocycles. The molecule has 0 radical (unpaired) electrons. The molecule has 1 heterocycles. The minimum atomic E-state index is -0.595. The fourth-order valence-electron chi connectivity index (χ4n) is 2.29. The lowest BCUT2D eigenvalue weighted by atomic mass is 10.0. The summed E-state index contributed by atoms with van der Waals surface area (Å²) in [5.74, 6) is 0.934. The van der Waals surface area contributed by atoms with Crippen molar-refractivity contribution >= 4 is 23.5 Å². The van der Waals surface area contributed by atoms with Crippen LogP contribution in [0.15, 0.2) is 24.8 Å². The van der Waals surface area contributed by atoms with Crippen LogP contribution < -0.4 is 14.8 Å². The number of hydrogen-bond acceptors (Lipinski definition) is 4. The maximum atomic E-state index is 11.9. The Morgan fingerprint density at radius 2 is 2.19 bits per heavy atom. The zero-order valence-corrected chi connectivity index (χ0v) is 12.5. The minimum absolute atomic E-state index is 0.0657. The number of nitrogens with one attached hydrogen (secondary N) is 2. The molecule has 2 rings (SSSR count). The van der Waals surface area contributed by atoms with E-state index < -0.39 is 6.04 Å². The molecule has 1 aliphatic rings. The van der Waals surface area contributed by atoms with Gasteiger partial charge in [0.15, 0.2) is 11.5 Å². The second-order valence-electron chi connectivity index (χ2n) is 4.39. The summed E-state index contributed by atoms with van der Waals surface area (Å²) < 4.78 is 10.4. The quantitative estimate of drug-likeness (QED) is 0.821. The van der Waals surface area contributed by atoms with Gasteiger partial charge in [0.05, 0.1) is 19.2 Å². The number of ether oxygens (including phenoxy) is 2. The lowest BCUT2D eigenvalue weighted by Crippen LogP contribution is -2.30. The van der Waals surface area contributed by atoms with Gasteiger partial charge in [-0.05, 0) is 6.07 Å². The van der Waals surface area contributed by atoms with E-state index in [1.165, 1.54) is 19.1 Å². The van der Waals surface area contributed by atoms with Crippen LogP contribution in [0.4, 0.5) is 4.79 Å². The van der Waals surface area contributed by atoms with E-state index in [1.54, 1.807) is 18.2 Å². The number of amidine groups is 1. The van der Waals surface area contributed by atoms with E-state index in [2.05, 4.69) is 11.9 Å². The van der Waals surface area contributed by atoms with Crippen molar-refractivity contribution in [2.45, 2.75) is 6.04 Å². The zero-order valence-electron chi connectivity index (χ0n) is 11.8. The first kappa shape index (κ1) is 15.2. The van der Waals surface area contributed by atoms with Crippen molar-refractivity contribution in [3.63, 3.8) is 0 Å². The van der Waals surface area contributed by atoms with Gasteiger partial charge in [0.25, 0.3) is 0 Å². The summed E-state index contributed by atoms with van der Waals surface area (Å²) in [6.45, 7) is 3.93. The minimum Gasteiger partial charge on any atom is -0.493 e. The van der Waals surface area contributed by atoms with Gasteiger partial charge in [-0.3, -0.25) is 10.7 Å². The third-order valence-electron chi connectivity index (χ3n) is 3.22. The molecule has 0 aliphatic carbocycles. The fourth-order valence-corrected chi connectivity index (χ4v) is 2.63. The lowest BCUT2D eigenvalue weighted by molar-refractivity contribution is 0.211. The molecule has 0 saturated carbocycles. The number of carbonyl (C=O) groups excluding carboxylic acids is 1. The summed E-state index contributed by atoms with van der Waals surface area (Å²) >= 11 is 6.36. The number of carbonyl (C=O) groups is 1. The van der Waals surface area contributed by atoms with Crippen molar-refractivity contribution in [2.75, 3.05) is 20.8 Å². The van der Waals surface area contributed by atoms with Crippen LogP contribution in [0.25, 0.3) is 0 Å². The van der Waals surface area contributed by atoms with Crippen LogP contribution >= 0.6 is 11.6 Å². The van der Waals surface area contributed by atoms with Gasteiger partial charge in [-0.25, -0.2) is 4.79 Å². The van der Waals surface area contributed by atoms with Crippen LogP contribution in [0.5, 0.6) is 11.5 Å². The normalized spacial score (nSPS) is 17.7. The molecule has 7 heteroatoms. The number of nitrogens with zero attached hydrogens (tertiary/aromatic N) is 1. The second kappa shape index (κ2) is 6.05. The molecular weight excluding hydrogens is 294 g/mol. The van der Waals surface area contributed by atoms with E-state index in [9.17, 15) is 4.79 Å². The number of rotatable bonds is 5. The molecule has 0 bridgehead atoms. The van der Waals surface area contributed by atoms with E-state index in [0.717, 1.165) is 0 Å². The summed E-state index contributed by atoms with van der Waals surface area (Å²) in [6, 6.07) is 2.47. The summed E-state index contributed by atoms with van der Waals surface area (Å²) in [5, 5.41) is 10.8. The van der Waals surface area contributed by atoms with Gasteiger partial charge < -0.3 is 14.4 Å². The number of benzene rings is 1. The zero-order chi connectivity index (χ0) is 15.6. The molecule has 21 heavy (non-hydrogen) atoms. The van der Waals surface area contributed by atoms with Crippen molar-refractivity contribution in [1.82, 2.24) is 10.2 Å². The molecule has 1 aromatic carbocycles. The Balaban J connectivity index is 2.52. The summed E-state index contributed by atoms with van der Waals surface area (Å²) in [6.07, 6.45) is 1.60. The number of halogens is 1. The highest BCUT2D eigenvalue weighted by Gasteiger charge is 2.38. The molecule has 1 aliphatic heterocycles. The largest absolute Gasteiger partial charge is 0.493 e. The van der Waals surface area contributed by atoms with E-state index in [1.807, 2.05) is 0 Å². The van der Waals surface area contributed by atoms with Gasteiger partial charge in [0.1, 0.15) is 11.9 Å². The fraction of sp³-hybridized carbons (Fsp3) is 0.286. The predicted molar refractivity (Wildman–Crippen MR) is 80.5 cm³/mol. The van der Waals surface area contributed by atoms with Crippen LogP contribution in [0.3, 0.4) is 0 Å². The topological polar surface area (TPSA) is 74.7 Å². The summed E-state index contributed by atoms with van der Waals surface area (Å²) in [5.41, 5.74) is 0.597. The van der Waals surface area contributed by atoms with Gasteiger partial charge in [0, 0.05) is 12.1 Å². The Kier molecular flexibility index (Phi) is 4.37. The molecule has 2 N–H and O–H groups in total. The van der Waals surface area contributed by atoms with Gasteiger partial charge in [0.2, 0.25) is 0 Å². The molecular formula is C14H16ClN3O3. The van der Waals surface area contributed by atoms with Gasteiger partial charge in [-0.1, -0.05) is 23.7 Å². The van der Waals surface area contributed by atoms with Crippen molar-refractivity contribution in [2.24, 2.45) is 0 Å². The molecule has 1 aromatic rings. The highest BCUT2D eigenvalue weighted by molar-refractivity contribution is 6.33. The van der Waals surface area contributed by atoms with Gasteiger partial charge >= 0.3 is 6.03 Å². The van der Waals surface area contributed by atoms with E-state index in [-0.39, 0.29) is 11.9 Å². The lowest BCUT2D eigenvalue weighted by Gasteiger charge is -2.23. The predicted octanol–water partition coefficient (Wildman–Crippen LogP) is 2.59. The number of methoxy groups -OCH3 is 2. The maximum absolute atomic E-state index is 11.9. The van der Waals surface area contributed by atoms with E-state index >= 15 is 0 Å². The van der Waals surface area contributed by atoms with Crippen molar-refractivity contribution in [1.29, 1.82) is 5.41 Å². The average Bonchev–Trinajstić information content (AvgIpc) is 2.73. The summed E-state index contributed by atoms with van der Waals surface area (Å²) in [7, 11) is 3.00. The SMILES string of the molecule is C=CCN1C(=O)NC(=N)C1c1ccc(OC)c(OC)c1Cl. The van der Waals surface area contributed by atoms with Gasteiger partial charge in [-0.2, -0.15) is 0 Å². The van der Waals surface area contributed by atoms with E-state index in [0.29, 0.717) is 28.6 Å². The molecule has 1 atom stereocenters. The van der Waals surface area contributed by atoms with Crippen LogP contribution in [0.1, 0.15) is 11.6 Å². The standard InChI is InChI=1S/C14H16ClN3O3/c1-4-7-18-11(13(16)17-14(18)19)8-5-6-9(20-2)12(21-3)10(8)15/h4-6,11H,1,7H2,2-3H3,(H2,16,17,19). The Morgan fingerprint density at radius 3 is 2.76 bits per heavy atom. The first-order valence-electron chi connectivity index (χ1n) is 6.22. The first-order chi connectivity index (χ1) is 10.0. The third-order valence-corrected chi connectivity index (χ3v) is 3.61. The highest BCUT2D eigenvalue weighted by atomic mass is 35.5. The first-order valence-corrected chi connectivity index (χ1v) is 6.60. The summed E-state index contributed by atoms with van der Waals surface area (Å²) in [4.78, 5) is 13.3. The number of urea groups is 1. The smallest absolute Gasteiger partial charge is 0.323 e. The Labute approximate surface area is 127 Å². The third kappa shape index (κ3) is 2.54. The van der Waals surface area contributed by atoms with Crippen molar-refractivity contribution < 1.29 is 14.3 Å². The molecule has 0 spiro atoms. The van der Waals surface area contributed by atoms with Crippen molar-refractivity contribution in [3.8, 4) is 11.5 Å². The van der Waals surface area contributed by atoms with Crippen LogP contribution in [0, 0.1) is 5.41 Å². The number of amides is 2. The molecule has 112 valence electrons. The van der Waals surface area contributed by atoms with Gasteiger partial charge in [-0.15, -0.1) is 6.58 Å². The Morgan fingerprint density at radius 1 is 1.48 bits per heavy atom. The molecule has 1 saturated heterocycles. The average molecular weight is 310 g/mol. The molecule has 1 fully saturated rings. The number of hydrogen-bond donors (Lipinski definition) is 2. The Hall–Kier alpha value is -2.21. The van der Waals surface area contributed by atoms with Crippen LogP contribution in [0.2, 0.25) is 5.02 Å². The van der Waals surface area contributed by atoms with Crippen molar-refractivity contribution in [3.05, 3.63) is 35.4 Å². The molecule has 1 unspecified atom stereocenters. The van der Waals surface area contributed by atoms with Crippen LogP contribution in [-0.2, 0) is 0 Å². The molecule has 6 nitrogen and oxygen atoms in total. The maximum Gasteiger partial charge on any atom is 0.323 e. The monoisotopic (exact) mass is 309 g/mol. The highest BCUT2D eigenvalue weighted by Crippen LogP contribution is 2.41. The Bertz CT molecular complexity index is 603. The van der Waals surface area contributed by atoms with E-state index in [4.69, 9.17) is 26.5 Å².